The van der Waals surface area contributed by atoms with Gasteiger partial charge in [0.25, 0.3) is 0 Å². The number of nitrogens with one attached hydrogen (secondary N) is 1. The Hall–Kier alpha value is -0.620. The first kappa shape index (κ1) is 15.8. The molecule has 1 N–H and O–H groups in total. The third-order valence-corrected chi connectivity index (χ3v) is 5.21. The predicted octanol–water partition coefficient (Wildman–Crippen LogP) is 3.48. The first-order valence-corrected chi connectivity index (χ1v) is 8.38. The molecule has 1 aromatic rings. The second-order valence-electron chi connectivity index (χ2n) is 5.82. The average molecular weight is 387 g/mol. The molecule has 0 saturated carbocycles. The van der Waals surface area contributed by atoms with Crippen molar-refractivity contribution in [3.63, 3.8) is 0 Å². The highest BCUT2D eigenvalue weighted by atomic mass is 127. The number of hydrogen-bond donors (Lipinski definition) is 1. The Morgan fingerprint density at radius 1 is 1.30 bits per heavy atom. The number of halogens is 1. The average Bonchev–Trinajstić information content (AvgIpc) is 2.48. The zero-order valence-electron chi connectivity index (χ0n) is 12.1. The van der Waals surface area contributed by atoms with Crippen LogP contribution in [0.1, 0.15) is 36.2 Å². The summed E-state index contributed by atoms with van der Waals surface area (Å²) in [6, 6.07) is 9.79. The van der Waals surface area contributed by atoms with Crippen LogP contribution in [-0.4, -0.2) is 24.7 Å². The van der Waals surface area contributed by atoms with Crippen LogP contribution < -0.4 is 5.32 Å². The normalized spacial score (nSPS) is 18.6. The number of carbonyl (C=O) groups excluding carboxylic acids is 1. The van der Waals surface area contributed by atoms with Gasteiger partial charge in [0.05, 0.1) is 0 Å². The van der Waals surface area contributed by atoms with Gasteiger partial charge in [0.1, 0.15) is 9.53 Å². The Balaban J connectivity index is 1.99. The molecule has 1 unspecified atom stereocenters. The monoisotopic (exact) mass is 387 g/mol. The van der Waals surface area contributed by atoms with Crippen LogP contribution in [0.25, 0.3) is 0 Å². The molecule has 0 aliphatic carbocycles. The van der Waals surface area contributed by atoms with Crippen LogP contribution >= 0.6 is 22.6 Å². The lowest BCUT2D eigenvalue weighted by Crippen LogP contribution is -2.43. The standard InChI is InChI=1S/C16H22INO2/c1-16(2,13-8-10-18-11-9-13)20-15(19)14(17)12-6-4-3-5-7-12/h3-7,13-14,18H,8-11H2,1-2H3. The summed E-state index contributed by atoms with van der Waals surface area (Å²) in [6.45, 7) is 6.10. The van der Waals surface area contributed by atoms with Gasteiger partial charge in [0.15, 0.2) is 0 Å². The van der Waals surface area contributed by atoms with E-state index in [1.54, 1.807) is 0 Å². The van der Waals surface area contributed by atoms with Crippen LogP contribution in [0.3, 0.4) is 0 Å². The van der Waals surface area contributed by atoms with Gasteiger partial charge >= 0.3 is 5.97 Å². The molecular weight excluding hydrogens is 365 g/mol. The Bertz CT molecular complexity index is 441. The smallest absolute Gasteiger partial charge is 0.323 e. The summed E-state index contributed by atoms with van der Waals surface area (Å²) in [5, 5.41) is 3.35. The summed E-state index contributed by atoms with van der Waals surface area (Å²) in [6.07, 6.45) is 2.13. The Morgan fingerprint density at radius 3 is 2.50 bits per heavy atom. The number of rotatable bonds is 4. The van der Waals surface area contributed by atoms with Gasteiger partial charge in [-0.15, -0.1) is 0 Å². The van der Waals surface area contributed by atoms with E-state index in [0.717, 1.165) is 31.5 Å². The Morgan fingerprint density at radius 2 is 1.90 bits per heavy atom. The zero-order chi connectivity index (χ0) is 14.6. The van der Waals surface area contributed by atoms with E-state index in [-0.39, 0.29) is 9.89 Å². The number of esters is 1. The molecule has 1 aliphatic rings. The highest BCUT2D eigenvalue weighted by molar-refractivity contribution is 14.1. The van der Waals surface area contributed by atoms with Gasteiger partial charge in [0.2, 0.25) is 0 Å². The van der Waals surface area contributed by atoms with Crippen LogP contribution in [0.15, 0.2) is 30.3 Å². The molecule has 1 aromatic carbocycles. The number of hydrogen-bond acceptors (Lipinski definition) is 3. The number of alkyl halides is 1. The van der Waals surface area contributed by atoms with Crippen molar-refractivity contribution < 1.29 is 9.53 Å². The number of benzene rings is 1. The topological polar surface area (TPSA) is 38.3 Å². The second kappa shape index (κ2) is 6.89. The molecule has 2 rings (SSSR count). The maximum atomic E-state index is 12.4. The molecular formula is C16H22INO2. The van der Waals surface area contributed by atoms with E-state index in [1.165, 1.54) is 0 Å². The quantitative estimate of drug-likeness (QED) is 0.489. The minimum absolute atomic E-state index is 0.139. The fraction of sp³-hybridized carbons (Fsp3) is 0.562. The lowest BCUT2D eigenvalue weighted by Gasteiger charge is -2.37. The molecule has 1 aliphatic heterocycles. The van der Waals surface area contributed by atoms with Crippen molar-refractivity contribution in [3.05, 3.63) is 35.9 Å². The van der Waals surface area contributed by atoms with Crippen molar-refractivity contribution >= 4 is 28.6 Å². The Kier molecular flexibility index (Phi) is 5.43. The number of carbonyl (C=O) groups is 1. The van der Waals surface area contributed by atoms with Crippen molar-refractivity contribution in [1.29, 1.82) is 0 Å². The molecule has 0 bridgehead atoms. The third-order valence-electron chi connectivity index (χ3n) is 3.99. The predicted molar refractivity (Wildman–Crippen MR) is 89.0 cm³/mol. The van der Waals surface area contributed by atoms with Crippen molar-refractivity contribution in [2.24, 2.45) is 5.92 Å². The fourth-order valence-corrected chi connectivity index (χ4v) is 3.21. The van der Waals surface area contributed by atoms with Crippen LogP contribution in [-0.2, 0) is 9.53 Å². The Labute approximate surface area is 134 Å². The maximum absolute atomic E-state index is 12.4. The van der Waals surface area contributed by atoms with E-state index >= 15 is 0 Å². The SMILES string of the molecule is CC(C)(OC(=O)C(I)c1ccccc1)C1CCNCC1. The fourth-order valence-electron chi connectivity index (χ4n) is 2.67. The van der Waals surface area contributed by atoms with E-state index in [2.05, 4.69) is 27.9 Å². The number of piperidine rings is 1. The van der Waals surface area contributed by atoms with Crippen molar-refractivity contribution in [1.82, 2.24) is 5.32 Å². The molecule has 3 nitrogen and oxygen atoms in total. The second-order valence-corrected chi connectivity index (χ2v) is 7.07. The van der Waals surface area contributed by atoms with Gasteiger partial charge in [-0.3, -0.25) is 4.79 Å². The number of ether oxygens (including phenoxy) is 1. The molecule has 1 fully saturated rings. The summed E-state index contributed by atoms with van der Waals surface area (Å²) in [5.41, 5.74) is 0.608. The molecule has 0 radical (unpaired) electrons. The van der Waals surface area contributed by atoms with E-state index in [4.69, 9.17) is 4.74 Å². The molecule has 0 amide bonds. The molecule has 0 aromatic heterocycles. The van der Waals surface area contributed by atoms with Crippen LogP contribution in [0.2, 0.25) is 0 Å². The lowest BCUT2D eigenvalue weighted by atomic mass is 9.83. The third kappa shape index (κ3) is 3.95. The van der Waals surface area contributed by atoms with E-state index < -0.39 is 5.60 Å². The van der Waals surface area contributed by atoms with Gasteiger partial charge < -0.3 is 10.1 Å². The minimum atomic E-state index is -0.391. The first-order chi connectivity index (χ1) is 9.50. The molecule has 110 valence electrons. The molecule has 20 heavy (non-hydrogen) atoms. The van der Waals surface area contributed by atoms with Crippen molar-refractivity contribution in [2.75, 3.05) is 13.1 Å². The van der Waals surface area contributed by atoms with Crippen LogP contribution in [0, 0.1) is 5.92 Å². The summed E-state index contributed by atoms with van der Waals surface area (Å²) >= 11 is 2.16. The maximum Gasteiger partial charge on any atom is 0.323 e. The van der Waals surface area contributed by atoms with Crippen LogP contribution in [0.5, 0.6) is 0 Å². The largest absolute Gasteiger partial charge is 0.458 e. The first-order valence-electron chi connectivity index (χ1n) is 7.13. The van der Waals surface area contributed by atoms with Gasteiger partial charge in [0, 0.05) is 5.92 Å². The summed E-state index contributed by atoms with van der Waals surface area (Å²) in [4.78, 5) is 12.4. The highest BCUT2D eigenvalue weighted by Crippen LogP contribution is 2.33. The molecule has 0 spiro atoms. The summed E-state index contributed by atoms with van der Waals surface area (Å²) in [5.74, 6) is 0.299. The zero-order valence-corrected chi connectivity index (χ0v) is 14.2. The molecule has 1 atom stereocenters. The van der Waals surface area contributed by atoms with E-state index in [1.807, 2.05) is 44.2 Å². The van der Waals surface area contributed by atoms with Gasteiger partial charge in [-0.2, -0.15) is 0 Å². The molecule has 1 heterocycles. The van der Waals surface area contributed by atoms with Gasteiger partial charge in [-0.25, -0.2) is 0 Å². The molecule has 4 heteroatoms. The van der Waals surface area contributed by atoms with Gasteiger partial charge in [-0.05, 0) is 45.3 Å². The van der Waals surface area contributed by atoms with E-state index in [9.17, 15) is 4.79 Å². The van der Waals surface area contributed by atoms with E-state index in [0.29, 0.717) is 5.92 Å². The summed E-state index contributed by atoms with van der Waals surface area (Å²) in [7, 11) is 0. The van der Waals surface area contributed by atoms with Gasteiger partial charge in [-0.1, -0.05) is 52.9 Å². The summed E-state index contributed by atoms with van der Waals surface area (Å²) < 4.78 is 5.58. The van der Waals surface area contributed by atoms with Crippen molar-refractivity contribution in [2.45, 2.75) is 36.2 Å². The highest BCUT2D eigenvalue weighted by Gasteiger charge is 2.35. The van der Waals surface area contributed by atoms with Crippen LogP contribution in [0.4, 0.5) is 0 Å². The lowest BCUT2D eigenvalue weighted by molar-refractivity contribution is -0.161. The molecule has 1 saturated heterocycles. The minimum Gasteiger partial charge on any atom is -0.458 e. The van der Waals surface area contributed by atoms with Crippen molar-refractivity contribution in [3.8, 4) is 0 Å².